The highest BCUT2D eigenvalue weighted by Crippen LogP contribution is 2.30. The Morgan fingerprint density at radius 2 is 2.00 bits per heavy atom. The smallest absolute Gasteiger partial charge is 0.00510 e. The normalized spacial score (nSPS) is 13.7. The van der Waals surface area contributed by atoms with Gasteiger partial charge in [-0.05, 0) is 24.3 Å². The predicted molar refractivity (Wildman–Crippen MR) is 65.2 cm³/mol. The molecule has 0 amide bonds. The van der Waals surface area contributed by atoms with Crippen LogP contribution in [0.3, 0.4) is 0 Å². The Bertz CT molecular complexity index is 209. The summed E-state index contributed by atoms with van der Waals surface area (Å²) in [7, 11) is 0. The molecule has 74 valence electrons. The molecule has 0 heterocycles. The lowest BCUT2D eigenvalue weighted by atomic mass is 9.81. The van der Waals surface area contributed by atoms with Gasteiger partial charge in [-0.1, -0.05) is 57.6 Å². The van der Waals surface area contributed by atoms with E-state index in [-0.39, 0.29) is 5.41 Å². The zero-order valence-electron chi connectivity index (χ0n) is 9.13. The maximum atomic E-state index is 5.02. The van der Waals surface area contributed by atoms with Crippen molar-refractivity contribution in [2.45, 2.75) is 40.5 Å². The third kappa shape index (κ3) is 4.37. The van der Waals surface area contributed by atoms with Gasteiger partial charge in [-0.2, -0.15) is 0 Å². The summed E-state index contributed by atoms with van der Waals surface area (Å²) in [5, 5.41) is 1.80. The average Bonchev–Trinajstić information content (AvgIpc) is 2.05. The van der Waals surface area contributed by atoms with Crippen molar-refractivity contribution in [2.75, 3.05) is 0 Å². The minimum Gasteiger partial charge on any atom is -0.0884 e. The Labute approximate surface area is 87.7 Å². The zero-order valence-corrected chi connectivity index (χ0v) is 9.95. The maximum Gasteiger partial charge on any atom is 0.00510 e. The highest BCUT2D eigenvalue weighted by Gasteiger charge is 2.19. The van der Waals surface area contributed by atoms with Gasteiger partial charge in [0.1, 0.15) is 0 Å². The first-order chi connectivity index (χ1) is 6.08. The van der Waals surface area contributed by atoms with Crippen LogP contribution in [-0.2, 0) is 0 Å². The molecule has 0 aromatic heterocycles. The van der Waals surface area contributed by atoms with Crippen molar-refractivity contribution in [2.24, 2.45) is 5.41 Å². The summed E-state index contributed by atoms with van der Waals surface area (Å²) < 4.78 is 0. The lowest BCUT2D eigenvalue weighted by molar-refractivity contribution is 0.419. The summed E-state index contributed by atoms with van der Waals surface area (Å²) in [4.78, 5) is 0. The molecule has 0 saturated heterocycles. The van der Waals surface area contributed by atoms with E-state index in [9.17, 15) is 0 Å². The van der Waals surface area contributed by atoms with Crippen LogP contribution in [0.25, 0.3) is 0 Å². The summed E-state index contributed by atoms with van der Waals surface area (Å²) in [5.41, 5.74) is 1.47. The van der Waals surface area contributed by atoms with Crippen LogP contribution in [0.1, 0.15) is 40.5 Å². The average molecular weight is 196 g/mol. The molecule has 13 heavy (non-hydrogen) atoms. The number of hydrogen-bond acceptors (Lipinski definition) is 1. The number of rotatable bonds is 5. The first kappa shape index (κ1) is 12.6. The van der Waals surface area contributed by atoms with E-state index in [1.807, 2.05) is 13.0 Å². The molecule has 0 atom stereocenters. The predicted octanol–water partition coefficient (Wildman–Crippen LogP) is 4.31. The standard InChI is InChI=1S/C12H20S/c1-5-7-8-11(10-13)12(3,4)9-6-2/h5,7-8,10H,6,9H2,1-4H3/b7-5-,11-8+. The van der Waals surface area contributed by atoms with Crippen LogP contribution in [0.5, 0.6) is 0 Å². The summed E-state index contributed by atoms with van der Waals surface area (Å²) in [6.07, 6.45) is 8.58. The Morgan fingerprint density at radius 3 is 2.38 bits per heavy atom. The molecule has 0 saturated carbocycles. The molecule has 0 rings (SSSR count). The van der Waals surface area contributed by atoms with E-state index < -0.39 is 0 Å². The van der Waals surface area contributed by atoms with Crippen LogP contribution in [0.15, 0.2) is 23.8 Å². The molecule has 0 radical (unpaired) electrons. The van der Waals surface area contributed by atoms with Gasteiger partial charge < -0.3 is 0 Å². The van der Waals surface area contributed by atoms with Gasteiger partial charge in [-0.25, -0.2) is 0 Å². The molecule has 0 aliphatic heterocycles. The Kier molecular flexibility index (Phi) is 5.89. The van der Waals surface area contributed by atoms with Crippen LogP contribution in [-0.4, -0.2) is 5.37 Å². The fourth-order valence-electron chi connectivity index (χ4n) is 1.39. The molecular weight excluding hydrogens is 176 g/mol. The van der Waals surface area contributed by atoms with Gasteiger partial charge >= 0.3 is 0 Å². The maximum absolute atomic E-state index is 5.02. The molecule has 0 N–H and O–H groups in total. The number of hydrogen-bond donors (Lipinski definition) is 0. The Hall–Kier alpha value is -0.430. The molecule has 0 aliphatic rings. The lowest BCUT2D eigenvalue weighted by Crippen LogP contribution is -2.14. The molecule has 0 fully saturated rings. The molecule has 0 bridgehead atoms. The molecular formula is C12H20S. The van der Waals surface area contributed by atoms with E-state index in [0.717, 1.165) is 0 Å². The van der Waals surface area contributed by atoms with Crippen molar-refractivity contribution < 1.29 is 0 Å². The molecule has 0 unspecified atom stereocenters. The van der Waals surface area contributed by atoms with Crippen molar-refractivity contribution in [1.82, 2.24) is 0 Å². The first-order valence-corrected chi connectivity index (χ1v) is 5.34. The lowest BCUT2D eigenvalue weighted by Gasteiger charge is -2.24. The van der Waals surface area contributed by atoms with Crippen LogP contribution < -0.4 is 0 Å². The molecule has 0 aromatic carbocycles. The molecule has 0 spiro atoms. The fourth-order valence-corrected chi connectivity index (χ4v) is 1.79. The second kappa shape index (κ2) is 6.09. The van der Waals surface area contributed by atoms with E-state index in [1.54, 1.807) is 5.37 Å². The van der Waals surface area contributed by atoms with Gasteiger partial charge in [0.25, 0.3) is 0 Å². The van der Waals surface area contributed by atoms with Crippen molar-refractivity contribution in [1.29, 1.82) is 0 Å². The Morgan fingerprint density at radius 1 is 1.38 bits per heavy atom. The summed E-state index contributed by atoms with van der Waals surface area (Å²) in [6.45, 7) is 8.71. The Balaban J connectivity index is 4.64. The molecule has 0 nitrogen and oxygen atoms in total. The summed E-state index contributed by atoms with van der Waals surface area (Å²) in [5.74, 6) is 0. The quantitative estimate of drug-likeness (QED) is 0.358. The van der Waals surface area contributed by atoms with Gasteiger partial charge in [0.15, 0.2) is 0 Å². The number of allylic oxidation sites excluding steroid dienone is 4. The SMILES string of the molecule is C/C=C\C=C(/C=S)C(C)(C)CCC. The molecule has 0 aliphatic carbocycles. The van der Waals surface area contributed by atoms with E-state index in [1.165, 1.54) is 18.4 Å². The van der Waals surface area contributed by atoms with Crippen molar-refractivity contribution in [3.63, 3.8) is 0 Å². The van der Waals surface area contributed by atoms with E-state index in [4.69, 9.17) is 12.2 Å². The summed E-state index contributed by atoms with van der Waals surface area (Å²) in [6, 6.07) is 0. The third-order valence-electron chi connectivity index (χ3n) is 2.25. The first-order valence-electron chi connectivity index (χ1n) is 4.87. The van der Waals surface area contributed by atoms with E-state index in [2.05, 4.69) is 32.9 Å². The summed E-state index contributed by atoms with van der Waals surface area (Å²) >= 11 is 5.02. The van der Waals surface area contributed by atoms with Crippen molar-refractivity contribution in [3.8, 4) is 0 Å². The van der Waals surface area contributed by atoms with Crippen molar-refractivity contribution in [3.05, 3.63) is 23.8 Å². The minimum atomic E-state index is 0.218. The zero-order chi connectivity index (χ0) is 10.3. The van der Waals surface area contributed by atoms with Gasteiger partial charge in [-0.3, -0.25) is 0 Å². The van der Waals surface area contributed by atoms with Crippen LogP contribution in [0.2, 0.25) is 0 Å². The largest absolute Gasteiger partial charge is 0.0884 e. The number of thiocarbonyl (C=S) groups is 1. The molecule has 1 heteroatoms. The monoisotopic (exact) mass is 196 g/mol. The van der Waals surface area contributed by atoms with Crippen LogP contribution >= 0.6 is 12.2 Å². The highest BCUT2D eigenvalue weighted by atomic mass is 32.1. The van der Waals surface area contributed by atoms with Crippen molar-refractivity contribution >= 4 is 17.6 Å². The highest BCUT2D eigenvalue weighted by molar-refractivity contribution is 7.79. The van der Waals surface area contributed by atoms with Gasteiger partial charge in [-0.15, -0.1) is 0 Å². The fraction of sp³-hybridized carbons (Fsp3) is 0.583. The van der Waals surface area contributed by atoms with Crippen LogP contribution in [0, 0.1) is 5.41 Å². The van der Waals surface area contributed by atoms with Gasteiger partial charge in [0.2, 0.25) is 0 Å². The minimum absolute atomic E-state index is 0.218. The van der Waals surface area contributed by atoms with Gasteiger partial charge in [0, 0.05) is 5.37 Å². The topological polar surface area (TPSA) is 0 Å². The second-order valence-electron chi connectivity index (χ2n) is 3.90. The second-order valence-corrected chi connectivity index (χ2v) is 4.14. The van der Waals surface area contributed by atoms with E-state index in [0.29, 0.717) is 0 Å². The van der Waals surface area contributed by atoms with E-state index >= 15 is 0 Å². The third-order valence-corrected chi connectivity index (χ3v) is 2.51. The van der Waals surface area contributed by atoms with Crippen LogP contribution in [0.4, 0.5) is 0 Å². The van der Waals surface area contributed by atoms with Gasteiger partial charge in [0.05, 0.1) is 0 Å². The molecule has 0 aromatic rings.